The van der Waals surface area contributed by atoms with Crippen LogP contribution in [0.3, 0.4) is 0 Å². The zero-order valence-electron chi connectivity index (χ0n) is 19.1. The predicted molar refractivity (Wildman–Crippen MR) is 130 cm³/mol. The van der Waals surface area contributed by atoms with Crippen LogP contribution >= 0.6 is 0 Å². The van der Waals surface area contributed by atoms with Gasteiger partial charge in [-0.15, -0.1) is 0 Å². The summed E-state index contributed by atoms with van der Waals surface area (Å²) in [5.41, 5.74) is 4.01. The van der Waals surface area contributed by atoms with E-state index < -0.39 is 11.8 Å². The van der Waals surface area contributed by atoms with Crippen LogP contribution in [0.15, 0.2) is 72.4 Å². The number of para-hydroxylation sites is 1. The monoisotopic (exact) mass is 442 g/mol. The maximum absolute atomic E-state index is 13.7. The number of ether oxygens (including phenoxy) is 2. The normalized spacial score (nSPS) is 13.5. The Morgan fingerprint density at radius 2 is 1.70 bits per heavy atom. The number of carbonyl (C=O) groups is 2. The van der Waals surface area contributed by atoms with Gasteiger partial charge in [0, 0.05) is 17.3 Å². The molecule has 1 N–H and O–H groups in total. The van der Waals surface area contributed by atoms with Crippen molar-refractivity contribution in [1.29, 1.82) is 0 Å². The molecule has 33 heavy (non-hydrogen) atoms. The summed E-state index contributed by atoms with van der Waals surface area (Å²) < 4.78 is 11.1. The molecule has 0 saturated carbocycles. The van der Waals surface area contributed by atoms with Gasteiger partial charge in [-0.05, 0) is 56.2 Å². The molecule has 6 heteroatoms. The largest absolute Gasteiger partial charge is 0.496 e. The minimum Gasteiger partial charge on any atom is -0.496 e. The third-order valence-corrected chi connectivity index (χ3v) is 5.48. The average Bonchev–Trinajstić information content (AvgIpc) is 3.05. The number of rotatable bonds is 7. The van der Waals surface area contributed by atoms with Gasteiger partial charge in [0.2, 0.25) is 0 Å². The number of aryl methyl sites for hydroxylation is 2. The summed E-state index contributed by atoms with van der Waals surface area (Å²) in [5, 5.41) is 3.19. The number of amides is 2. The number of carbonyl (C=O) groups excluding carboxylic acids is 2. The Balaban J connectivity index is 1.86. The zero-order chi connectivity index (χ0) is 23.5. The molecule has 0 aliphatic carbocycles. The van der Waals surface area contributed by atoms with Crippen LogP contribution in [0.2, 0.25) is 0 Å². The van der Waals surface area contributed by atoms with Gasteiger partial charge >= 0.3 is 0 Å². The molecular formula is C27H26N2O4. The smallest absolute Gasteiger partial charge is 0.282 e. The number of anilines is 2. The quantitative estimate of drug-likeness (QED) is 0.515. The van der Waals surface area contributed by atoms with Crippen molar-refractivity contribution in [3.63, 3.8) is 0 Å². The molecule has 6 nitrogen and oxygen atoms in total. The van der Waals surface area contributed by atoms with Crippen molar-refractivity contribution in [2.45, 2.75) is 20.8 Å². The summed E-state index contributed by atoms with van der Waals surface area (Å²) in [6, 6.07) is 20.2. The first-order valence-electron chi connectivity index (χ1n) is 10.8. The van der Waals surface area contributed by atoms with Crippen LogP contribution in [0.5, 0.6) is 11.5 Å². The molecule has 2 amide bonds. The van der Waals surface area contributed by atoms with Crippen LogP contribution in [0.25, 0.3) is 5.57 Å². The number of nitrogens with one attached hydrogen (secondary N) is 1. The molecular weight excluding hydrogens is 416 g/mol. The number of hydrogen-bond donors (Lipinski definition) is 1. The number of imide groups is 1. The van der Waals surface area contributed by atoms with E-state index in [1.807, 2.05) is 69.3 Å². The van der Waals surface area contributed by atoms with Crippen LogP contribution < -0.4 is 19.7 Å². The molecule has 0 unspecified atom stereocenters. The van der Waals surface area contributed by atoms with Crippen molar-refractivity contribution in [1.82, 2.24) is 0 Å². The van der Waals surface area contributed by atoms with Crippen LogP contribution in [-0.4, -0.2) is 25.5 Å². The highest BCUT2D eigenvalue weighted by Gasteiger charge is 2.41. The van der Waals surface area contributed by atoms with E-state index in [1.54, 1.807) is 25.3 Å². The van der Waals surface area contributed by atoms with E-state index in [1.165, 1.54) is 4.90 Å². The highest BCUT2D eigenvalue weighted by molar-refractivity contribution is 6.46. The second-order valence-electron chi connectivity index (χ2n) is 7.77. The highest BCUT2D eigenvalue weighted by atomic mass is 16.5. The number of benzene rings is 3. The van der Waals surface area contributed by atoms with E-state index in [0.717, 1.165) is 11.1 Å². The van der Waals surface area contributed by atoms with Gasteiger partial charge in [0.05, 0.1) is 25.0 Å². The Hall–Kier alpha value is -4.06. The van der Waals surface area contributed by atoms with Crippen molar-refractivity contribution in [3.05, 3.63) is 89.1 Å². The van der Waals surface area contributed by atoms with Gasteiger partial charge in [-0.2, -0.15) is 0 Å². The Morgan fingerprint density at radius 1 is 0.909 bits per heavy atom. The number of hydrogen-bond acceptors (Lipinski definition) is 5. The molecule has 0 atom stereocenters. The number of methoxy groups -OCH3 is 1. The van der Waals surface area contributed by atoms with Gasteiger partial charge in [0.1, 0.15) is 17.2 Å². The van der Waals surface area contributed by atoms with Crippen molar-refractivity contribution in [2.24, 2.45) is 0 Å². The number of nitrogens with zero attached hydrogens (tertiary/aromatic N) is 1. The van der Waals surface area contributed by atoms with E-state index in [9.17, 15) is 9.59 Å². The zero-order valence-corrected chi connectivity index (χ0v) is 19.1. The standard InChI is InChI=1S/C27H26N2O4/c1-5-33-20-10-8-9-19(16-20)28-25-24(21-11-6-7-12-23(21)32-4)26(30)29(27(25)31)22-15-17(2)13-14-18(22)3/h6-16,28H,5H2,1-4H3. The SMILES string of the molecule is CCOc1cccc(NC2=C(c3ccccc3OC)C(=O)N(c3cc(C)ccc3C)C2=O)c1. The molecule has 1 aliphatic heterocycles. The third-order valence-electron chi connectivity index (χ3n) is 5.48. The molecule has 0 radical (unpaired) electrons. The lowest BCUT2D eigenvalue weighted by Gasteiger charge is -2.18. The first kappa shape index (κ1) is 22.1. The molecule has 168 valence electrons. The Morgan fingerprint density at radius 3 is 2.45 bits per heavy atom. The Kier molecular flexibility index (Phi) is 6.18. The van der Waals surface area contributed by atoms with E-state index in [4.69, 9.17) is 9.47 Å². The van der Waals surface area contributed by atoms with E-state index in [2.05, 4.69) is 5.32 Å². The van der Waals surface area contributed by atoms with Crippen molar-refractivity contribution >= 4 is 28.8 Å². The molecule has 1 heterocycles. The molecule has 0 fully saturated rings. The molecule has 4 rings (SSSR count). The van der Waals surface area contributed by atoms with Crippen molar-refractivity contribution in [3.8, 4) is 11.5 Å². The van der Waals surface area contributed by atoms with E-state index >= 15 is 0 Å². The molecule has 0 bridgehead atoms. The summed E-state index contributed by atoms with van der Waals surface area (Å²) in [6.45, 7) is 6.25. The first-order chi connectivity index (χ1) is 15.9. The molecule has 3 aromatic carbocycles. The molecule has 1 aliphatic rings. The van der Waals surface area contributed by atoms with Crippen LogP contribution in [-0.2, 0) is 9.59 Å². The van der Waals surface area contributed by atoms with Gasteiger partial charge in [0.15, 0.2) is 0 Å². The molecule has 0 saturated heterocycles. The fourth-order valence-corrected chi connectivity index (χ4v) is 3.90. The maximum atomic E-state index is 13.7. The third kappa shape index (κ3) is 4.20. The fourth-order valence-electron chi connectivity index (χ4n) is 3.90. The average molecular weight is 443 g/mol. The second-order valence-corrected chi connectivity index (χ2v) is 7.77. The lowest BCUT2D eigenvalue weighted by Crippen LogP contribution is -2.33. The van der Waals surface area contributed by atoms with Gasteiger partial charge in [-0.3, -0.25) is 9.59 Å². The Bertz CT molecular complexity index is 1260. The van der Waals surface area contributed by atoms with Gasteiger partial charge in [0.25, 0.3) is 11.8 Å². The van der Waals surface area contributed by atoms with Gasteiger partial charge in [-0.1, -0.05) is 36.4 Å². The molecule has 0 aromatic heterocycles. The summed E-state index contributed by atoms with van der Waals surface area (Å²) in [4.78, 5) is 28.7. The van der Waals surface area contributed by atoms with Crippen LogP contribution in [0, 0.1) is 13.8 Å². The lowest BCUT2D eigenvalue weighted by atomic mass is 10.0. The van der Waals surface area contributed by atoms with Gasteiger partial charge < -0.3 is 14.8 Å². The van der Waals surface area contributed by atoms with Crippen LogP contribution in [0.4, 0.5) is 11.4 Å². The lowest BCUT2D eigenvalue weighted by molar-refractivity contribution is -0.120. The van der Waals surface area contributed by atoms with Crippen molar-refractivity contribution < 1.29 is 19.1 Å². The second kappa shape index (κ2) is 9.20. The summed E-state index contributed by atoms with van der Waals surface area (Å²) >= 11 is 0. The summed E-state index contributed by atoms with van der Waals surface area (Å²) in [7, 11) is 1.54. The molecule has 3 aromatic rings. The highest BCUT2D eigenvalue weighted by Crippen LogP contribution is 2.38. The summed E-state index contributed by atoms with van der Waals surface area (Å²) in [6.07, 6.45) is 0. The minimum atomic E-state index is -0.420. The summed E-state index contributed by atoms with van der Waals surface area (Å²) in [5.74, 6) is 0.363. The Labute approximate surface area is 193 Å². The van der Waals surface area contributed by atoms with Crippen molar-refractivity contribution in [2.75, 3.05) is 23.9 Å². The molecule has 0 spiro atoms. The first-order valence-corrected chi connectivity index (χ1v) is 10.8. The van der Waals surface area contributed by atoms with E-state index in [0.29, 0.717) is 35.0 Å². The van der Waals surface area contributed by atoms with Crippen LogP contribution in [0.1, 0.15) is 23.6 Å². The van der Waals surface area contributed by atoms with Gasteiger partial charge in [-0.25, -0.2) is 4.90 Å². The minimum absolute atomic E-state index is 0.194. The van der Waals surface area contributed by atoms with E-state index in [-0.39, 0.29) is 11.3 Å². The predicted octanol–water partition coefficient (Wildman–Crippen LogP) is 5.11. The topological polar surface area (TPSA) is 67.9 Å². The maximum Gasteiger partial charge on any atom is 0.282 e. The fraction of sp³-hybridized carbons (Fsp3) is 0.185.